The van der Waals surface area contributed by atoms with E-state index in [4.69, 9.17) is 21.1 Å². The molecule has 0 bridgehead atoms. The summed E-state index contributed by atoms with van der Waals surface area (Å²) in [5.41, 5.74) is -2.16. The lowest BCUT2D eigenvalue weighted by Crippen LogP contribution is -2.44. The molecule has 0 N–H and O–H groups in total. The Balaban J connectivity index is 2.54. The Morgan fingerprint density at radius 3 is 2.16 bits per heavy atom. The first-order valence-corrected chi connectivity index (χ1v) is 10.6. The van der Waals surface area contributed by atoms with E-state index in [-0.39, 0.29) is 28.0 Å². The number of thiophene rings is 1. The number of halogens is 2. The molecular formula is C23H20ClFO6S. The minimum Gasteiger partial charge on any atom is -0.461 e. The minimum atomic E-state index is -2.22. The number of ether oxygens (including phenoxy) is 2. The second kappa shape index (κ2) is 11.5. The number of hydrogen-bond acceptors (Lipinski definition) is 7. The van der Waals surface area contributed by atoms with E-state index >= 15 is 0 Å². The van der Waals surface area contributed by atoms with Crippen LogP contribution < -0.4 is 0 Å². The summed E-state index contributed by atoms with van der Waals surface area (Å²) < 4.78 is 23.6. The number of Topliss-reactive ketones (excluding diaryl/α,β-unsaturated/α-hetero) is 2. The molecule has 1 heterocycles. The molecule has 0 fully saturated rings. The van der Waals surface area contributed by atoms with Crippen molar-refractivity contribution in [2.45, 2.75) is 12.8 Å². The normalized spacial score (nSPS) is 12.3. The first-order valence-electron chi connectivity index (χ1n) is 9.37. The smallest absolute Gasteiger partial charge is 0.321 e. The minimum absolute atomic E-state index is 0.0590. The summed E-state index contributed by atoms with van der Waals surface area (Å²) in [6, 6.07) is 7.44. The third-order valence-electron chi connectivity index (χ3n) is 4.39. The lowest BCUT2D eigenvalue weighted by Gasteiger charge is -2.28. The van der Waals surface area contributed by atoms with Gasteiger partial charge < -0.3 is 9.47 Å². The molecule has 32 heavy (non-hydrogen) atoms. The number of carbonyl (C=O) groups is 4. The number of rotatable bonds is 12. The zero-order valence-electron chi connectivity index (χ0n) is 17.0. The molecule has 6 nitrogen and oxygen atoms in total. The molecular weight excluding hydrogens is 459 g/mol. The van der Waals surface area contributed by atoms with Crippen molar-refractivity contribution in [3.05, 3.63) is 82.3 Å². The molecule has 0 radical (unpaired) electrons. The van der Waals surface area contributed by atoms with Gasteiger partial charge in [-0.05, 0) is 36.4 Å². The third-order valence-corrected chi connectivity index (χ3v) is 5.62. The van der Waals surface area contributed by atoms with Crippen molar-refractivity contribution in [2.75, 3.05) is 13.2 Å². The Kier molecular flexibility index (Phi) is 9.04. The van der Waals surface area contributed by atoms with Gasteiger partial charge in [-0.2, -0.15) is 0 Å². The molecule has 0 aliphatic rings. The van der Waals surface area contributed by atoms with Crippen molar-refractivity contribution < 1.29 is 33.0 Å². The van der Waals surface area contributed by atoms with Crippen LogP contribution in [0.4, 0.5) is 4.39 Å². The third kappa shape index (κ3) is 6.21. The van der Waals surface area contributed by atoms with Crippen LogP contribution >= 0.6 is 22.9 Å². The van der Waals surface area contributed by atoms with Crippen LogP contribution in [0.15, 0.2) is 61.7 Å². The van der Waals surface area contributed by atoms with E-state index in [1.54, 1.807) is 0 Å². The van der Waals surface area contributed by atoms with Crippen molar-refractivity contribution in [1.29, 1.82) is 0 Å². The number of esters is 2. The largest absolute Gasteiger partial charge is 0.461 e. The first kappa shape index (κ1) is 25.2. The molecule has 0 aliphatic heterocycles. The van der Waals surface area contributed by atoms with Crippen LogP contribution in [0.5, 0.6) is 0 Å². The van der Waals surface area contributed by atoms with Crippen LogP contribution in [0.3, 0.4) is 0 Å². The van der Waals surface area contributed by atoms with E-state index < -0.39 is 47.6 Å². The predicted octanol–water partition coefficient (Wildman–Crippen LogP) is 4.83. The molecule has 1 unspecified atom stereocenters. The van der Waals surface area contributed by atoms with Gasteiger partial charge in [0, 0.05) is 12.0 Å². The average Bonchev–Trinajstić information content (AvgIpc) is 3.21. The SMILES string of the molecule is C=CCOC(=O)CC(CC(=O)c1ccc(F)cc1)(C(=O)OCC=C)C(=O)c1ccc(Cl)s1. The van der Waals surface area contributed by atoms with Gasteiger partial charge in [-0.3, -0.25) is 19.2 Å². The highest BCUT2D eigenvalue weighted by Crippen LogP contribution is 2.38. The first-order chi connectivity index (χ1) is 15.2. The highest BCUT2D eigenvalue weighted by Gasteiger charge is 2.51. The Labute approximate surface area is 193 Å². The van der Waals surface area contributed by atoms with Crippen LogP contribution in [0.1, 0.15) is 32.9 Å². The topological polar surface area (TPSA) is 86.7 Å². The van der Waals surface area contributed by atoms with Crippen molar-refractivity contribution in [3.63, 3.8) is 0 Å². The zero-order valence-corrected chi connectivity index (χ0v) is 18.5. The zero-order chi connectivity index (χ0) is 23.7. The summed E-state index contributed by atoms with van der Waals surface area (Å²) in [6.45, 7) is 6.50. The Morgan fingerprint density at radius 2 is 1.59 bits per heavy atom. The van der Waals surface area contributed by atoms with E-state index in [9.17, 15) is 23.6 Å². The van der Waals surface area contributed by atoms with E-state index in [2.05, 4.69) is 13.2 Å². The van der Waals surface area contributed by atoms with Gasteiger partial charge >= 0.3 is 11.9 Å². The standard InChI is InChI=1S/C23H20ClFO6S/c1-3-11-30-20(27)14-23(22(29)31-12-4-2,21(28)18-9-10-19(24)32-18)13-17(26)15-5-7-16(25)8-6-15/h3-10H,1-2,11-14H2. The molecule has 9 heteroatoms. The van der Waals surface area contributed by atoms with Crippen LogP contribution in [-0.4, -0.2) is 36.7 Å². The molecule has 0 saturated carbocycles. The van der Waals surface area contributed by atoms with Gasteiger partial charge in [0.05, 0.1) is 15.6 Å². The molecule has 0 saturated heterocycles. The van der Waals surface area contributed by atoms with Crippen LogP contribution in [0.25, 0.3) is 0 Å². The maximum absolute atomic E-state index is 13.5. The van der Waals surface area contributed by atoms with E-state index in [1.165, 1.54) is 36.4 Å². The van der Waals surface area contributed by atoms with E-state index in [0.717, 1.165) is 23.5 Å². The van der Waals surface area contributed by atoms with Gasteiger partial charge in [-0.15, -0.1) is 11.3 Å². The Hall–Kier alpha value is -3.10. The molecule has 1 aromatic carbocycles. The van der Waals surface area contributed by atoms with Crippen LogP contribution in [0.2, 0.25) is 4.34 Å². The molecule has 2 aromatic rings. The van der Waals surface area contributed by atoms with E-state index in [0.29, 0.717) is 0 Å². The summed E-state index contributed by atoms with van der Waals surface area (Å²) in [7, 11) is 0. The molecule has 2 rings (SSSR count). The Bertz CT molecular complexity index is 1030. The molecule has 0 spiro atoms. The van der Waals surface area contributed by atoms with Gasteiger partial charge in [0.25, 0.3) is 0 Å². The molecule has 0 aliphatic carbocycles. The second-order valence-corrected chi connectivity index (χ2v) is 8.37. The van der Waals surface area contributed by atoms with Gasteiger partial charge in [0.1, 0.15) is 24.4 Å². The summed E-state index contributed by atoms with van der Waals surface area (Å²) in [5.74, 6) is -4.01. The van der Waals surface area contributed by atoms with Gasteiger partial charge in [-0.25, -0.2) is 4.39 Å². The molecule has 0 amide bonds. The fourth-order valence-electron chi connectivity index (χ4n) is 2.87. The van der Waals surface area contributed by atoms with E-state index in [1.807, 2.05) is 0 Å². The number of benzene rings is 1. The lowest BCUT2D eigenvalue weighted by molar-refractivity contribution is -0.158. The van der Waals surface area contributed by atoms with Crippen molar-refractivity contribution in [1.82, 2.24) is 0 Å². The highest BCUT2D eigenvalue weighted by atomic mass is 35.5. The number of ketones is 2. The van der Waals surface area contributed by atoms with Crippen LogP contribution in [0, 0.1) is 11.2 Å². The van der Waals surface area contributed by atoms with Crippen molar-refractivity contribution in [3.8, 4) is 0 Å². The van der Waals surface area contributed by atoms with Gasteiger partial charge in [0.15, 0.2) is 11.6 Å². The average molecular weight is 479 g/mol. The van der Waals surface area contributed by atoms with Gasteiger partial charge in [-0.1, -0.05) is 36.9 Å². The number of hydrogen-bond donors (Lipinski definition) is 0. The summed E-state index contributed by atoms with van der Waals surface area (Å²) in [6.07, 6.45) is 1.15. The van der Waals surface area contributed by atoms with Crippen LogP contribution in [-0.2, 0) is 19.1 Å². The second-order valence-electron chi connectivity index (χ2n) is 6.66. The number of carbonyl (C=O) groups excluding carboxylic acids is 4. The Morgan fingerprint density at radius 1 is 0.969 bits per heavy atom. The quantitative estimate of drug-likeness (QED) is 0.188. The molecule has 168 valence electrons. The fourth-order valence-corrected chi connectivity index (χ4v) is 3.95. The lowest BCUT2D eigenvalue weighted by atomic mass is 9.74. The molecule has 1 atom stereocenters. The summed E-state index contributed by atoms with van der Waals surface area (Å²) in [5, 5.41) is 0. The van der Waals surface area contributed by atoms with Crippen molar-refractivity contribution >= 4 is 46.4 Å². The highest BCUT2D eigenvalue weighted by molar-refractivity contribution is 7.18. The van der Waals surface area contributed by atoms with Crippen molar-refractivity contribution in [2.24, 2.45) is 5.41 Å². The summed E-state index contributed by atoms with van der Waals surface area (Å²) >= 11 is 6.83. The monoisotopic (exact) mass is 478 g/mol. The van der Waals surface area contributed by atoms with Gasteiger partial charge in [0.2, 0.25) is 0 Å². The maximum Gasteiger partial charge on any atom is 0.321 e. The molecule has 1 aromatic heterocycles. The fraction of sp³-hybridized carbons (Fsp3) is 0.217. The maximum atomic E-state index is 13.5. The summed E-state index contributed by atoms with van der Waals surface area (Å²) in [4.78, 5) is 52.1. The predicted molar refractivity (Wildman–Crippen MR) is 118 cm³/mol.